The first kappa shape index (κ1) is 16.6. The van der Waals surface area contributed by atoms with E-state index in [1.807, 2.05) is 28.8 Å². The molecule has 0 radical (unpaired) electrons. The van der Waals surface area contributed by atoms with E-state index in [1.54, 1.807) is 12.1 Å². The SMILES string of the molecule is CSCC[C@@H](NC(=O)c1cc(Cl)ccc1I)C(=O)O. The lowest BCUT2D eigenvalue weighted by Gasteiger charge is -2.14. The van der Waals surface area contributed by atoms with Crippen molar-refractivity contribution in [2.75, 3.05) is 12.0 Å². The first-order valence-corrected chi connectivity index (χ1v) is 8.28. The van der Waals surface area contributed by atoms with Crippen LogP contribution in [0.15, 0.2) is 18.2 Å². The third-order valence-corrected chi connectivity index (χ3v) is 4.21. The molecule has 0 saturated carbocycles. The summed E-state index contributed by atoms with van der Waals surface area (Å²) in [4.78, 5) is 23.1. The Hall–Kier alpha value is -0.470. The molecule has 0 aliphatic carbocycles. The second kappa shape index (κ2) is 7.96. The molecule has 1 atom stereocenters. The second-order valence-electron chi connectivity index (χ2n) is 3.77. The Labute approximate surface area is 134 Å². The third-order valence-electron chi connectivity index (χ3n) is 2.39. The maximum absolute atomic E-state index is 12.1. The predicted molar refractivity (Wildman–Crippen MR) is 86.1 cm³/mol. The second-order valence-corrected chi connectivity index (χ2v) is 6.35. The molecule has 0 bridgehead atoms. The quantitative estimate of drug-likeness (QED) is 0.704. The van der Waals surface area contributed by atoms with E-state index in [0.29, 0.717) is 22.8 Å². The molecule has 1 aromatic rings. The molecule has 0 unspecified atom stereocenters. The van der Waals surface area contributed by atoms with Gasteiger partial charge in [-0.15, -0.1) is 0 Å². The van der Waals surface area contributed by atoms with Crippen LogP contribution < -0.4 is 5.32 Å². The number of amides is 1. The van der Waals surface area contributed by atoms with Crippen molar-refractivity contribution in [3.05, 3.63) is 32.4 Å². The van der Waals surface area contributed by atoms with Crippen LogP contribution in [-0.2, 0) is 4.79 Å². The molecular formula is C12H13ClINO3S. The number of nitrogens with one attached hydrogen (secondary N) is 1. The number of aliphatic carboxylic acids is 1. The van der Waals surface area contributed by atoms with Crippen LogP contribution in [-0.4, -0.2) is 35.0 Å². The van der Waals surface area contributed by atoms with Gasteiger partial charge in [0.1, 0.15) is 6.04 Å². The summed E-state index contributed by atoms with van der Waals surface area (Å²) in [5.41, 5.74) is 0.392. The summed E-state index contributed by atoms with van der Waals surface area (Å²) in [5.74, 6) is -0.774. The van der Waals surface area contributed by atoms with Gasteiger partial charge in [0.05, 0.1) is 5.56 Å². The molecule has 104 valence electrons. The van der Waals surface area contributed by atoms with Gasteiger partial charge >= 0.3 is 5.97 Å². The molecule has 0 heterocycles. The molecule has 0 aromatic heterocycles. The van der Waals surface area contributed by atoms with E-state index in [1.165, 1.54) is 17.8 Å². The highest BCUT2D eigenvalue weighted by atomic mass is 127. The highest BCUT2D eigenvalue weighted by Gasteiger charge is 2.21. The Kier molecular flexibility index (Phi) is 6.95. The Bertz CT molecular complexity index is 484. The molecule has 7 heteroatoms. The Balaban J connectivity index is 2.81. The molecule has 19 heavy (non-hydrogen) atoms. The molecule has 0 aliphatic rings. The molecule has 4 nitrogen and oxygen atoms in total. The van der Waals surface area contributed by atoms with Crippen LogP contribution >= 0.6 is 46.0 Å². The van der Waals surface area contributed by atoms with E-state index in [9.17, 15) is 9.59 Å². The zero-order valence-corrected chi connectivity index (χ0v) is 13.9. The minimum atomic E-state index is -1.03. The average molecular weight is 414 g/mol. The van der Waals surface area contributed by atoms with Crippen LogP contribution in [0.2, 0.25) is 5.02 Å². The monoisotopic (exact) mass is 413 g/mol. The van der Waals surface area contributed by atoms with Crippen molar-refractivity contribution < 1.29 is 14.7 Å². The summed E-state index contributed by atoms with van der Waals surface area (Å²) in [6.07, 6.45) is 2.28. The van der Waals surface area contributed by atoms with Gasteiger partial charge in [-0.2, -0.15) is 11.8 Å². The Morgan fingerprint density at radius 3 is 2.79 bits per heavy atom. The molecule has 0 aliphatic heterocycles. The zero-order chi connectivity index (χ0) is 14.4. The van der Waals surface area contributed by atoms with Crippen molar-refractivity contribution in [1.29, 1.82) is 0 Å². The number of thioether (sulfide) groups is 1. The fraction of sp³-hybridized carbons (Fsp3) is 0.333. The number of hydrogen-bond acceptors (Lipinski definition) is 3. The number of benzene rings is 1. The molecule has 0 spiro atoms. The van der Waals surface area contributed by atoms with Gasteiger partial charge in [0.2, 0.25) is 0 Å². The number of carbonyl (C=O) groups is 2. The van der Waals surface area contributed by atoms with Gasteiger partial charge in [-0.1, -0.05) is 11.6 Å². The van der Waals surface area contributed by atoms with Crippen LogP contribution in [0.5, 0.6) is 0 Å². The molecule has 1 amide bonds. The van der Waals surface area contributed by atoms with Crippen molar-refractivity contribution in [2.24, 2.45) is 0 Å². The van der Waals surface area contributed by atoms with Crippen LogP contribution in [0.25, 0.3) is 0 Å². The first-order valence-electron chi connectivity index (χ1n) is 5.43. The Morgan fingerprint density at radius 1 is 1.53 bits per heavy atom. The van der Waals surface area contributed by atoms with E-state index in [0.717, 1.165) is 3.57 Å². The van der Waals surface area contributed by atoms with Crippen LogP contribution in [0.4, 0.5) is 0 Å². The molecule has 1 rings (SSSR count). The molecule has 2 N–H and O–H groups in total. The van der Waals surface area contributed by atoms with Gasteiger partial charge in [-0.25, -0.2) is 4.79 Å². The van der Waals surface area contributed by atoms with Gasteiger partial charge in [0.15, 0.2) is 0 Å². The number of carbonyl (C=O) groups excluding carboxylic acids is 1. The van der Waals surface area contributed by atoms with E-state index in [2.05, 4.69) is 5.32 Å². The summed E-state index contributed by atoms with van der Waals surface area (Å²) >= 11 is 9.39. The largest absolute Gasteiger partial charge is 0.480 e. The number of carboxylic acid groups (broad SMARTS) is 1. The lowest BCUT2D eigenvalue weighted by Crippen LogP contribution is -2.41. The predicted octanol–water partition coefficient (Wildman–Crippen LogP) is 2.88. The van der Waals surface area contributed by atoms with Gasteiger partial charge in [-0.05, 0) is 59.2 Å². The molecule has 0 fully saturated rings. The van der Waals surface area contributed by atoms with Crippen molar-refractivity contribution in [3.63, 3.8) is 0 Å². The van der Waals surface area contributed by atoms with Crippen molar-refractivity contribution in [3.8, 4) is 0 Å². The standard InChI is InChI=1S/C12H13ClINO3S/c1-19-5-4-10(12(17)18)15-11(16)8-6-7(13)2-3-9(8)14/h2-3,6,10H,4-5H2,1H3,(H,15,16)(H,17,18)/t10-/m1/s1. The normalized spacial score (nSPS) is 11.9. The van der Waals surface area contributed by atoms with Crippen molar-refractivity contribution in [1.82, 2.24) is 5.32 Å². The van der Waals surface area contributed by atoms with Gasteiger partial charge in [0, 0.05) is 8.59 Å². The topological polar surface area (TPSA) is 66.4 Å². The summed E-state index contributed by atoms with van der Waals surface area (Å²) in [6.45, 7) is 0. The van der Waals surface area contributed by atoms with Crippen molar-refractivity contribution in [2.45, 2.75) is 12.5 Å². The highest BCUT2D eigenvalue weighted by Crippen LogP contribution is 2.18. The van der Waals surface area contributed by atoms with E-state index >= 15 is 0 Å². The van der Waals surface area contributed by atoms with Crippen LogP contribution in [0, 0.1) is 3.57 Å². The minimum absolute atomic E-state index is 0.388. The summed E-state index contributed by atoms with van der Waals surface area (Å²) in [5, 5.41) is 12.0. The first-order chi connectivity index (χ1) is 8.95. The Morgan fingerprint density at radius 2 is 2.21 bits per heavy atom. The molecule has 1 aromatic carbocycles. The van der Waals surface area contributed by atoms with Gasteiger partial charge in [0.25, 0.3) is 5.91 Å². The average Bonchev–Trinajstić information content (AvgIpc) is 2.36. The van der Waals surface area contributed by atoms with E-state index < -0.39 is 17.9 Å². The van der Waals surface area contributed by atoms with Crippen LogP contribution in [0.1, 0.15) is 16.8 Å². The smallest absolute Gasteiger partial charge is 0.326 e. The maximum Gasteiger partial charge on any atom is 0.326 e. The minimum Gasteiger partial charge on any atom is -0.480 e. The maximum atomic E-state index is 12.1. The molecular weight excluding hydrogens is 401 g/mol. The molecule has 0 saturated heterocycles. The van der Waals surface area contributed by atoms with Crippen molar-refractivity contribution >= 4 is 57.8 Å². The zero-order valence-electron chi connectivity index (χ0n) is 10.2. The number of rotatable bonds is 6. The summed E-state index contributed by atoms with van der Waals surface area (Å²) < 4.78 is 0.730. The number of hydrogen-bond donors (Lipinski definition) is 2. The lowest BCUT2D eigenvalue weighted by molar-refractivity contribution is -0.139. The van der Waals surface area contributed by atoms with Crippen LogP contribution in [0.3, 0.4) is 0 Å². The third kappa shape index (κ3) is 5.19. The van der Waals surface area contributed by atoms with E-state index in [-0.39, 0.29) is 0 Å². The van der Waals surface area contributed by atoms with Gasteiger partial charge < -0.3 is 10.4 Å². The fourth-order valence-corrected chi connectivity index (χ4v) is 2.62. The number of carboxylic acids is 1. The highest BCUT2D eigenvalue weighted by molar-refractivity contribution is 14.1. The van der Waals surface area contributed by atoms with E-state index in [4.69, 9.17) is 16.7 Å². The summed E-state index contributed by atoms with van der Waals surface area (Å²) in [6, 6.07) is 4.05. The van der Waals surface area contributed by atoms with Gasteiger partial charge in [-0.3, -0.25) is 4.79 Å². The summed E-state index contributed by atoms with van der Waals surface area (Å²) in [7, 11) is 0. The fourth-order valence-electron chi connectivity index (χ4n) is 1.40. The lowest BCUT2D eigenvalue weighted by atomic mass is 10.1. The number of halogens is 2.